The number of hydrogen-bond donors (Lipinski definition) is 4. The van der Waals surface area contributed by atoms with Gasteiger partial charge < -0.3 is 21.1 Å². The van der Waals surface area contributed by atoms with E-state index in [1.165, 1.54) is 17.7 Å². The third-order valence-electron chi connectivity index (χ3n) is 5.30. The summed E-state index contributed by atoms with van der Waals surface area (Å²) in [5.41, 5.74) is 9.20. The molecule has 0 spiro atoms. The van der Waals surface area contributed by atoms with Crippen LogP contribution in [0.3, 0.4) is 0 Å². The van der Waals surface area contributed by atoms with Gasteiger partial charge >= 0.3 is 6.09 Å². The minimum Gasteiger partial charge on any atom is -0.464 e. The number of para-hydroxylation sites is 1. The van der Waals surface area contributed by atoms with Gasteiger partial charge in [-0.3, -0.25) is 4.79 Å². The molecule has 9 nitrogen and oxygen atoms in total. The van der Waals surface area contributed by atoms with Crippen LogP contribution >= 0.6 is 11.3 Å². The van der Waals surface area contributed by atoms with Crippen LogP contribution < -0.4 is 16.0 Å². The summed E-state index contributed by atoms with van der Waals surface area (Å²) in [4.78, 5) is 37.6. The maximum absolute atomic E-state index is 13.0. The number of thiophene rings is 1. The Bertz CT molecular complexity index is 1510. The lowest BCUT2D eigenvalue weighted by Gasteiger charge is -2.19. The van der Waals surface area contributed by atoms with Crippen LogP contribution in [-0.4, -0.2) is 32.1 Å². The normalized spacial score (nSPS) is 11.1. The first-order chi connectivity index (χ1) is 15.9. The van der Waals surface area contributed by atoms with E-state index in [1.54, 1.807) is 29.6 Å². The number of carboxylic acid groups (broad SMARTS) is 1. The molecule has 2 amide bonds. The monoisotopic (exact) mass is 458 g/mol. The van der Waals surface area contributed by atoms with Gasteiger partial charge in [-0.15, -0.1) is 11.3 Å². The number of aromatic nitrogens is 3. The van der Waals surface area contributed by atoms with Crippen molar-refractivity contribution in [1.29, 1.82) is 0 Å². The Kier molecular flexibility index (Phi) is 4.91. The molecule has 33 heavy (non-hydrogen) atoms. The fourth-order valence-electron chi connectivity index (χ4n) is 3.63. The Hall–Kier alpha value is -4.44. The third kappa shape index (κ3) is 3.62. The van der Waals surface area contributed by atoms with Crippen LogP contribution in [0.15, 0.2) is 60.2 Å². The van der Waals surface area contributed by atoms with Gasteiger partial charge in [0.2, 0.25) is 0 Å². The fraction of sp³-hybridized carbons (Fsp3) is 0.0435. The number of anilines is 4. The molecule has 0 unspecified atom stereocenters. The number of fused-ring (bicyclic) bond motifs is 2. The molecule has 3 heterocycles. The van der Waals surface area contributed by atoms with Crippen molar-refractivity contribution in [2.24, 2.45) is 0 Å². The molecule has 0 radical (unpaired) electrons. The lowest BCUT2D eigenvalue weighted by atomic mass is 10.1. The van der Waals surface area contributed by atoms with Crippen molar-refractivity contribution in [2.75, 3.05) is 16.0 Å². The van der Waals surface area contributed by atoms with E-state index in [0.717, 1.165) is 21.4 Å². The summed E-state index contributed by atoms with van der Waals surface area (Å²) in [6.07, 6.45) is 0.164. The Balaban J connectivity index is 1.50. The van der Waals surface area contributed by atoms with Crippen molar-refractivity contribution in [3.63, 3.8) is 0 Å². The van der Waals surface area contributed by atoms with Gasteiger partial charge in [0.25, 0.3) is 5.91 Å². The van der Waals surface area contributed by atoms with E-state index in [1.807, 2.05) is 31.2 Å². The van der Waals surface area contributed by atoms with Gasteiger partial charge in [0.1, 0.15) is 18.0 Å². The van der Waals surface area contributed by atoms with E-state index in [-0.39, 0.29) is 5.91 Å². The average molecular weight is 459 g/mol. The second-order valence-electron chi connectivity index (χ2n) is 7.40. The Labute approximate surface area is 191 Å². The van der Waals surface area contributed by atoms with Crippen molar-refractivity contribution < 1.29 is 14.7 Å². The molecule has 0 aliphatic carbocycles. The number of H-pyrrole nitrogens is 1. The first-order valence-corrected chi connectivity index (χ1v) is 10.8. The standard InChI is InChI=1S/C23H18N6O3S/c1-12-6-7-14(29(23(31)32)18-8-13-4-2-3-5-16(13)27-18)9-17(12)28-22(30)15-10-33-20-19(15)25-11-26-21(20)24/h2-11,27H,1H3,(H,28,30)(H,31,32)(H2,24,25,26). The summed E-state index contributed by atoms with van der Waals surface area (Å²) in [5.74, 6) is 0.352. The number of nitrogen functional groups attached to an aromatic ring is 1. The highest BCUT2D eigenvalue weighted by Gasteiger charge is 2.21. The van der Waals surface area contributed by atoms with Crippen LogP contribution in [0.4, 0.5) is 27.8 Å². The maximum Gasteiger partial charge on any atom is 0.417 e. The number of nitrogens with two attached hydrogens (primary N) is 1. The van der Waals surface area contributed by atoms with E-state index in [2.05, 4.69) is 20.3 Å². The molecule has 0 saturated carbocycles. The largest absolute Gasteiger partial charge is 0.464 e. The summed E-state index contributed by atoms with van der Waals surface area (Å²) in [6, 6.07) is 14.4. The molecule has 0 atom stereocenters. The third-order valence-corrected chi connectivity index (χ3v) is 6.29. The van der Waals surface area contributed by atoms with Crippen LogP contribution in [0, 0.1) is 6.92 Å². The summed E-state index contributed by atoms with van der Waals surface area (Å²) in [7, 11) is 0. The van der Waals surface area contributed by atoms with Crippen molar-refractivity contribution in [3.8, 4) is 0 Å². The van der Waals surface area contributed by atoms with Crippen LogP contribution in [-0.2, 0) is 0 Å². The number of carbonyl (C=O) groups excluding carboxylic acids is 1. The summed E-state index contributed by atoms with van der Waals surface area (Å²) < 4.78 is 0.643. The Morgan fingerprint density at radius 1 is 1.15 bits per heavy atom. The molecular formula is C23H18N6O3S. The van der Waals surface area contributed by atoms with Crippen LogP contribution in [0.1, 0.15) is 15.9 Å². The minimum atomic E-state index is -1.15. The number of aryl methyl sites for hydroxylation is 1. The molecule has 5 rings (SSSR count). The van der Waals surface area contributed by atoms with E-state index < -0.39 is 6.09 Å². The quantitative estimate of drug-likeness (QED) is 0.295. The van der Waals surface area contributed by atoms with Gasteiger partial charge in [0, 0.05) is 22.0 Å². The number of nitrogens with zero attached hydrogens (tertiary/aromatic N) is 3. The number of hydrogen-bond acceptors (Lipinski definition) is 6. The molecule has 2 aromatic carbocycles. The molecule has 10 heteroatoms. The predicted molar refractivity (Wildman–Crippen MR) is 129 cm³/mol. The molecule has 0 aliphatic rings. The fourth-order valence-corrected chi connectivity index (χ4v) is 4.54. The summed E-state index contributed by atoms with van der Waals surface area (Å²) in [6.45, 7) is 1.83. The zero-order valence-corrected chi connectivity index (χ0v) is 18.2. The number of aromatic amines is 1. The van der Waals surface area contributed by atoms with E-state index >= 15 is 0 Å². The van der Waals surface area contributed by atoms with Gasteiger partial charge in [0.15, 0.2) is 0 Å². The highest BCUT2D eigenvalue weighted by molar-refractivity contribution is 7.18. The topological polar surface area (TPSA) is 137 Å². The highest BCUT2D eigenvalue weighted by atomic mass is 32.1. The number of benzene rings is 2. The second kappa shape index (κ2) is 7.92. The van der Waals surface area contributed by atoms with E-state index in [0.29, 0.717) is 38.8 Å². The SMILES string of the molecule is Cc1ccc(N(C(=O)O)c2cc3ccccc3[nH]2)cc1NC(=O)c1csc2c(N)ncnc12. The van der Waals surface area contributed by atoms with Crippen molar-refractivity contribution in [1.82, 2.24) is 15.0 Å². The Morgan fingerprint density at radius 2 is 1.97 bits per heavy atom. The van der Waals surface area contributed by atoms with Gasteiger partial charge in [0.05, 0.1) is 21.5 Å². The molecule has 5 N–H and O–H groups in total. The number of nitrogens with one attached hydrogen (secondary N) is 2. The van der Waals surface area contributed by atoms with E-state index in [9.17, 15) is 14.7 Å². The lowest BCUT2D eigenvalue weighted by Crippen LogP contribution is -2.24. The van der Waals surface area contributed by atoms with Crippen LogP contribution in [0.25, 0.3) is 21.1 Å². The summed E-state index contributed by atoms with van der Waals surface area (Å²) >= 11 is 1.29. The molecule has 3 aromatic heterocycles. The molecular weight excluding hydrogens is 440 g/mol. The first-order valence-electron chi connectivity index (χ1n) is 9.93. The van der Waals surface area contributed by atoms with E-state index in [4.69, 9.17) is 5.73 Å². The molecule has 5 aromatic rings. The second-order valence-corrected chi connectivity index (χ2v) is 8.28. The zero-order chi connectivity index (χ0) is 23.1. The van der Waals surface area contributed by atoms with Crippen molar-refractivity contribution in [2.45, 2.75) is 6.92 Å². The molecule has 0 fully saturated rings. The van der Waals surface area contributed by atoms with Gasteiger partial charge in [-0.05, 0) is 36.8 Å². The predicted octanol–water partition coefficient (Wildman–Crippen LogP) is 5.13. The van der Waals surface area contributed by atoms with Gasteiger partial charge in [-0.1, -0.05) is 24.3 Å². The Morgan fingerprint density at radius 3 is 2.76 bits per heavy atom. The number of carbonyl (C=O) groups is 2. The van der Waals surface area contributed by atoms with Crippen LogP contribution in [0.5, 0.6) is 0 Å². The number of rotatable bonds is 4. The lowest BCUT2D eigenvalue weighted by molar-refractivity contribution is 0.102. The smallest absolute Gasteiger partial charge is 0.417 e. The highest BCUT2D eigenvalue weighted by Crippen LogP contribution is 2.32. The van der Waals surface area contributed by atoms with Gasteiger partial charge in [-0.2, -0.15) is 0 Å². The first kappa shape index (κ1) is 20.5. The molecule has 164 valence electrons. The molecule has 0 bridgehead atoms. The minimum absolute atomic E-state index is 0.317. The number of amides is 2. The summed E-state index contributed by atoms with van der Waals surface area (Å²) in [5, 5.41) is 15.4. The molecule has 0 aliphatic heterocycles. The maximum atomic E-state index is 13.0. The average Bonchev–Trinajstić information content (AvgIpc) is 3.41. The van der Waals surface area contributed by atoms with Crippen molar-refractivity contribution in [3.05, 3.63) is 71.4 Å². The zero-order valence-electron chi connectivity index (χ0n) is 17.4. The van der Waals surface area contributed by atoms with Crippen LogP contribution in [0.2, 0.25) is 0 Å². The van der Waals surface area contributed by atoms with Gasteiger partial charge in [-0.25, -0.2) is 19.7 Å². The molecule has 0 saturated heterocycles. The van der Waals surface area contributed by atoms with Crippen molar-refractivity contribution >= 4 is 67.5 Å².